The summed E-state index contributed by atoms with van der Waals surface area (Å²) in [5, 5.41) is 3.15. The number of aromatic nitrogens is 2. The molecule has 6 heteroatoms. The fourth-order valence-electron chi connectivity index (χ4n) is 4.75. The average molecular weight is 517 g/mol. The van der Waals surface area contributed by atoms with E-state index in [1.807, 2.05) is 18.2 Å². The highest BCUT2D eigenvalue weighted by molar-refractivity contribution is 9.10. The molecule has 1 N–H and O–H groups in total. The second-order valence-corrected chi connectivity index (χ2v) is 9.94. The Hall–Kier alpha value is -2.96. The first-order valence-electron chi connectivity index (χ1n) is 11.9. The van der Waals surface area contributed by atoms with Crippen molar-refractivity contribution >= 4 is 32.9 Å². The summed E-state index contributed by atoms with van der Waals surface area (Å²) in [6, 6.07) is 24.9. The maximum Gasteiger partial charge on any atom is 0.223 e. The van der Waals surface area contributed by atoms with Gasteiger partial charge in [-0.15, -0.1) is 0 Å². The first kappa shape index (κ1) is 22.8. The molecule has 0 unspecified atom stereocenters. The van der Waals surface area contributed by atoms with Gasteiger partial charge in [-0.2, -0.15) is 0 Å². The molecule has 1 saturated heterocycles. The largest absolute Gasteiger partial charge is 0.352 e. The SMILES string of the molecule is Cc1ccccc1CNC(=O)C1CCN(Cc2nc3ccccc3n2-c2ccc(Br)cc2)CC1. The number of rotatable bonds is 6. The van der Waals surface area contributed by atoms with Crippen molar-refractivity contribution < 1.29 is 4.79 Å². The standard InChI is InChI=1S/C28H29BrN4O/c1-20-6-2-3-7-22(20)18-30-28(34)21-14-16-32(17-15-21)19-27-31-25-8-4-5-9-26(25)33(27)24-12-10-23(29)11-13-24/h2-13,21H,14-19H2,1H3,(H,30,34). The summed E-state index contributed by atoms with van der Waals surface area (Å²) in [7, 11) is 0. The zero-order valence-corrected chi connectivity index (χ0v) is 21.0. The van der Waals surface area contributed by atoms with Gasteiger partial charge in [-0.25, -0.2) is 4.98 Å². The lowest BCUT2D eigenvalue weighted by Gasteiger charge is -2.31. The summed E-state index contributed by atoms with van der Waals surface area (Å²) in [6.07, 6.45) is 1.75. The Labute approximate surface area is 208 Å². The minimum Gasteiger partial charge on any atom is -0.352 e. The number of para-hydroxylation sites is 2. The molecule has 1 aromatic heterocycles. The molecule has 1 aliphatic rings. The zero-order valence-electron chi connectivity index (χ0n) is 19.4. The monoisotopic (exact) mass is 516 g/mol. The number of carbonyl (C=O) groups excluding carboxylic acids is 1. The van der Waals surface area contributed by atoms with Gasteiger partial charge in [0, 0.05) is 22.6 Å². The van der Waals surface area contributed by atoms with Crippen molar-refractivity contribution in [2.45, 2.75) is 32.9 Å². The molecule has 1 amide bonds. The fourth-order valence-corrected chi connectivity index (χ4v) is 5.01. The van der Waals surface area contributed by atoms with Crippen LogP contribution in [0.4, 0.5) is 0 Å². The van der Waals surface area contributed by atoms with Crippen LogP contribution in [0.3, 0.4) is 0 Å². The molecule has 0 atom stereocenters. The fraction of sp³-hybridized carbons (Fsp3) is 0.286. The number of imidazole rings is 1. The smallest absolute Gasteiger partial charge is 0.223 e. The molecule has 0 bridgehead atoms. The van der Waals surface area contributed by atoms with Crippen LogP contribution in [0.5, 0.6) is 0 Å². The highest BCUT2D eigenvalue weighted by Crippen LogP contribution is 2.26. The van der Waals surface area contributed by atoms with Crippen LogP contribution in [0.15, 0.2) is 77.3 Å². The lowest BCUT2D eigenvalue weighted by atomic mass is 9.95. The van der Waals surface area contributed by atoms with E-state index >= 15 is 0 Å². The Morgan fingerprint density at radius 2 is 1.71 bits per heavy atom. The third-order valence-electron chi connectivity index (χ3n) is 6.75. The third-order valence-corrected chi connectivity index (χ3v) is 7.28. The third kappa shape index (κ3) is 4.93. The van der Waals surface area contributed by atoms with Crippen LogP contribution in [0.25, 0.3) is 16.7 Å². The summed E-state index contributed by atoms with van der Waals surface area (Å²) in [5.74, 6) is 1.28. The number of piperidine rings is 1. The second-order valence-electron chi connectivity index (χ2n) is 9.02. The quantitative estimate of drug-likeness (QED) is 0.361. The number of benzene rings is 3. The maximum absolute atomic E-state index is 12.8. The molecule has 0 aliphatic carbocycles. The topological polar surface area (TPSA) is 50.2 Å². The van der Waals surface area contributed by atoms with Gasteiger partial charge in [0.2, 0.25) is 5.91 Å². The van der Waals surface area contributed by atoms with Crippen LogP contribution in [0.1, 0.15) is 29.8 Å². The van der Waals surface area contributed by atoms with Gasteiger partial charge >= 0.3 is 0 Å². The summed E-state index contributed by atoms with van der Waals surface area (Å²) in [5.41, 5.74) is 5.62. The van der Waals surface area contributed by atoms with Gasteiger partial charge in [0.05, 0.1) is 17.6 Å². The van der Waals surface area contributed by atoms with E-state index in [0.717, 1.165) is 59.5 Å². The number of carbonyl (C=O) groups is 1. The van der Waals surface area contributed by atoms with Crippen molar-refractivity contribution in [1.82, 2.24) is 19.8 Å². The number of hydrogen-bond donors (Lipinski definition) is 1. The Bertz CT molecular complexity index is 1290. The lowest BCUT2D eigenvalue weighted by molar-refractivity contribution is -0.126. The van der Waals surface area contributed by atoms with Gasteiger partial charge in [0.15, 0.2) is 0 Å². The number of halogens is 1. The molecule has 2 heterocycles. The summed E-state index contributed by atoms with van der Waals surface area (Å²) in [6.45, 7) is 5.24. The number of hydrogen-bond acceptors (Lipinski definition) is 3. The van der Waals surface area contributed by atoms with Crippen molar-refractivity contribution in [1.29, 1.82) is 0 Å². The van der Waals surface area contributed by atoms with E-state index < -0.39 is 0 Å². The van der Waals surface area contributed by atoms with E-state index in [1.165, 1.54) is 11.1 Å². The minimum atomic E-state index is 0.0746. The predicted molar refractivity (Wildman–Crippen MR) is 140 cm³/mol. The van der Waals surface area contributed by atoms with Gasteiger partial charge in [0.1, 0.15) is 5.82 Å². The molecule has 1 aliphatic heterocycles. The molecule has 4 aromatic rings. The number of nitrogens with zero attached hydrogens (tertiary/aromatic N) is 3. The minimum absolute atomic E-state index is 0.0746. The highest BCUT2D eigenvalue weighted by Gasteiger charge is 2.26. The van der Waals surface area contributed by atoms with Crippen LogP contribution >= 0.6 is 15.9 Å². The van der Waals surface area contributed by atoms with Crippen molar-refractivity contribution in [3.8, 4) is 5.69 Å². The van der Waals surface area contributed by atoms with E-state index in [4.69, 9.17) is 4.98 Å². The molecular weight excluding hydrogens is 488 g/mol. The molecular formula is C28H29BrN4O. The van der Waals surface area contributed by atoms with Crippen LogP contribution < -0.4 is 5.32 Å². The normalized spacial score (nSPS) is 15.0. The Kier molecular flexibility index (Phi) is 6.79. The van der Waals surface area contributed by atoms with E-state index in [9.17, 15) is 4.79 Å². The number of fused-ring (bicyclic) bond motifs is 1. The Balaban J connectivity index is 1.25. The molecule has 5 rings (SSSR count). The van der Waals surface area contributed by atoms with E-state index in [0.29, 0.717) is 6.54 Å². The second kappa shape index (κ2) is 10.1. The Morgan fingerprint density at radius 1 is 1.00 bits per heavy atom. The molecule has 0 radical (unpaired) electrons. The Morgan fingerprint density at radius 3 is 2.47 bits per heavy atom. The summed E-state index contributed by atoms with van der Waals surface area (Å²) in [4.78, 5) is 20.2. The zero-order chi connectivity index (χ0) is 23.5. The van der Waals surface area contributed by atoms with E-state index in [1.54, 1.807) is 0 Å². The average Bonchev–Trinajstić information content (AvgIpc) is 3.22. The lowest BCUT2D eigenvalue weighted by Crippen LogP contribution is -2.40. The summed E-state index contributed by atoms with van der Waals surface area (Å²) >= 11 is 3.54. The molecule has 174 valence electrons. The number of amides is 1. The maximum atomic E-state index is 12.8. The van der Waals surface area contributed by atoms with Crippen LogP contribution in [-0.4, -0.2) is 33.4 Å². The van der Waals surface area contributed by atoms with E-state index in [2.05, 4.69) is 92.2 Å². The molecule has 3 aromatic carbocycles. The van der Waals surface area contributed by atoms with Gasteiger partial charge in [0.25, 0.3) is 0 Å². The molecule has 0 saturated carbocycles. The molecule has 34 heavy (non-hydrogen) atoms. The van der Waals surface area contributed by atoms with Gasteiger partial charge in [-0.3, -0.25) is 14.3 Å². The highest BCUT2D eigenvalue weighted by atomic mass is 79.9. The van der Waals surface area contributed by atoms with Gasteiger partial charge in [-0.05, 0) is 80.4 Å². The van der Waals surface area contributed by atoms with Crippen LogP contribution in [-0.2, 0) is 17.9 Å². The van der Waals surface area contributed by atoms with Gasteiger partial charge < -0.3 is 5.32 Å². The predicted octanol–water partition coefficient (Wildman–Crippen LogP) is 5.62. The van der Waals surface area contributed by atoms with Crippen LogP contribution in [0.2, 0.25) is 0 Å². The van der Waals surface area contributed by atoms with Gasteiger partial charge in [-0.1, -0.05) is 52.3 Å². The molecule has 5 nitrogen and oxygen atoms in total. The van der Waals surface area contributed by atoms with Crippen molar-refractivity contribution in [2.24, 2.45) is 5.92 Å². The molecule has 1 fully saturated rings. The number of aryl methyl sites for hydroxylation is 1. The number of likely N-dealkylation sites (tertiary alicyclic amines) is 1. The van der Waals surface area contributed by atoms with E-state index in [-0.39, 0.29) is 11.8 Å². The van der Waals surface area contributed by atoms with Crippen molar-refractivity contribution in [2.75, 3.05) is 13.1 Å². The van der Waals surface area contributed by atoms with Crippen molar-refractivity contribution in [3.63, 3.8) is 0 Å². The van der Waals surface area contributed by atoms with Crippen LogP contribution in [0, 0.1) is 12.8 Å². The first-order chi connectivity index (χ1) is 16.6. The molecule has 0 spiro atoms. The number of nitrogens with one attached hydrogen (secondary N) is 1. The van der Waals surface area contributed by atoms with Crippen molar-refractivity contribution in [3.05, 3.63) is 94.2 Å². The first-order valence-corrected chi connectivity index (χ1v) is 12.6. The summed E-state index contributed by atoms with van der Waals surface area (Å²) < 4.78 is 3.31.